The number of nitrogens with one attached hydrogen (secondary N) is 5. The van der Waals surface area contributed by atoms with Crippen LogP contribution in [-0.4, -0.2) is 287 Å². The van der Waals surface area contributed by atoms with Gasteiger partial charge in [-0.2, -0.15) is 80.4 Å². The van der Waals surface area contributed by atoms with E-state index in [1.54, 1.807) is 66.9 Å². The largest absolute Gasteiger partial charge is 0.496 e. The second kappa shape index (κ2) is 44.4. The first-order chi connectivity index (χ1) is 69.0. The number of aromatic amines is 3. The van der Waals surface area contributed by atoms with Crippen LogP contribution in [0.1, 0.15) is 270 Å². The predicted molar refractivity (Wildman–Crippen MR) is 517 cm³/mol. The van der Waals surface area contributed by atoms with E-state index in [1.165, 1.54) is 6.92 Å². The van der Waals surface area contributed by atoms with Crippen LogP contribution >= 0.6 is 0 Å². The number of pyridine rings is 4. The van der Waals surface area contributed by atoms with E-state index in [0.29, 0.717) is 125 Å². The highest BCUT2D eigenvalue weighted by Gasteiger charge is 2.58. The number of halogens is 2. The number of nitrogens with zero attached hydrogens (tertiary/aromatic N) is 24. The zero-order valence-corrected chi connectivity index (χ0v) is 82.4. The molecule has 143 heavy (non-hydrogen) atoms. The van der Waals surface area contributed by atoms with Crippen LogP contribution in [0.4, 0.5) is 32.6 Å². The van der Waals surface area contributed by atoms with Crippen molar-refractivity contribution in [2.45, 2.75) is 229 Å². The lowest BCUT2D eigenvalue weighted by atomic mass is 9.50. The topological polar surface area (TPSA) is 533 Å². The molecule has 6 N–H and O–H groups in total. The molecule has 11 aromatic heterocycles. The fourth-order valence-corrected chi connectivity index (χ4v) is 19.0. The molecule has 2 bridgehead atoms. The number of aliphatic hydroxyl groups is 1. The quantitative estimate of drug-likeness (QED) is 0.0199. The number of H-pyrrole nitrogens is 3. The molecule has 10 aliphatic rings. The Hall–Kier alpha value is -13.8. The molecule has 4 aliphatic heterocycles. The van der Waals surface area contributed by atoms with Crippen LogP contribution in [0.15, 0.2) is 61.1 Å². The van der Waals surface area contributed by atoms with Crippen molar-refractivity contribution in [3.8, 4) is 41.6 Å². The number of fused-ring (bicyclic) bond motifs is 3. The minimum atomic E-state index is -2.70. The lowest BCUT2D eigenvalue weighted by Crippen LogP contribution is -2.68. The van der Waals surface area contributed by atoms with Gasteiger partial charge >= 0.3 is 24.0 Å². The van der Waals surface area contributed by atoms with E-state index in [2.05, 4.69) is 137 Å². The Morgan fingerprint density at radius 2 is 1.01 bits per heavy atom. The number of amides is 2. The maximum Gasteiger partial charge on any atom is 0.322 e. The third kappa shape index (κ3) is 24.3. The molecule has 6 atom stereocenters. The van der Waals surface area contributed by atoms with E-state index >= 15 is 0 Å². The Kier molecular flexibility index (Phi) is 31.3. The van der Waals surface area contributed by atoms with Gasteiger partial charge in [-0.05, 0) is 179 Å². The van der Waals surface area contributed by atoms with Gasteiger partial charge in [-0.15, -0.1) is 0 Å². The number of Topliss-reactive ketones (excluding diaryl/α,β-unsaturated/α-hetero) is 3. The van der Waals surface area contributed by atoms with Crippen molar-refractivity contribution < 1.29 is 75.8 Å². The molecule has 0 aromatic carbocycles. The Labute approximate surface area is 824 Å². The third-order valence-electron chi connectivity index (χ3n) is 28.2. The van der Waals surface area contributed by atoms with Gasteiger partial charge in [-0.1, -0.05) is 19.9 Å². The number of ether oxygens (including phenoxy) is 8. The van der Waals surface area contributed by atoms with Gasteiger partial charge in [0.15, 0.2) is 28.5 Å². The second-order valence-electron chi connectivity index (χ2n) is 39.2. The van der Waals surface area contributed by atoms with Gasteiger partial charge in [-0.25, -0.2) is 28.7 Å². The van der Waals surface area contributed by atoms with Gasteiger partial charge in [0.1, 0.15) is 36.0 Å². The van der Waals surface area contributed by atoms with Crippen molar-refractivity contribution in [3.05, 3.63) is 113 Å². The van der Waals surface area contributed by atoms with E-state index in [4.69, 9.17) is 43.2 Å². The van der Waals surface area contributed by atoms with Gasteiger partial charge in [0.25, 0.3) is 17.7 Å². The van der Waals surface area contributed by atoms with Crippen LogP contribution in [0.25, 0.3) is 33.1 Å². The van der Waals surface area contributed by atoms with Crippen molar-refractivity contribution in [2.24, 2.45) is 29.6 Å². The van der Waals surface area contributed by atoms with E-state index in [0.717, 1.165) is 158 Å². The molecule has 0 spiro atoms. The molecule has 4 saturated heterocycles. The summed E-state index contributed by atoms with van der Waals surface area (Å²) < 4.78 is 70.8. The lowest BCUT2D eigenvalue weighted by molar-refractivity contribution is -0.0441. The van der Waals surface area contributed by atoms with Crippen LogP contribution in [0, 0.1) is 40.9 Å². The minimum absolute atomic E-state index is 0.00245. The van der Waals surface area contributed by atoms with Crippen LogP contribution in [0.3, 0.4) is 0 Å². The van der Waals surface area contributed by atoms with Crippen LogP contribution in [0.2, 0.25) is 0 Å². The number of methoxy groups -OCH3 is 4. The fraction of sp³-hybridized carbons (Fsp3) is 0.582. The summed E-state index contributed by atoms with van der Waals surface area (Å²) >= 11 is 0. The molecule has 758 valence electrons. The monoisotopic (exact) mass is 1970 g/mol. The second-order valence-corrected chi connectivity index (χ2v) is 39.2. The van der Waals surface area contributed by atoms with Crippen LogP contribution < -0.4 is 58.7 Å². The third-order valence-corrected chi connectivity index (χ3v) is 28.2. The highest BCUT2D eigenvalue weighted by atomic mass is 19.3. The molecule has 1 unspecified atom stereocenters. The highest BCUT2D eigenvalue weighted by Crippen LogP contribution is 2.57. The van der Waals surface area contributed by atoms with Crippen molar-refractivity contribution in [1.29, 1.82) is 5.26 Å². The Morgan fingerprint density at radius 3 is 1.46 bits per heavy atom. The summed E-state index contributed by atoms with van der Waals surface area (Å²) in [4.78, 5) is 142. The van der Waals surface area contributed by atoms with Gasteiger partial charge in [0.2, 0.25) is 52.9 Å². The van der Waals surface area contributed by atoms with Crippen molar-refractivity contribution >= 4 is 86.1 Å². The van der Waals surface area contributed by atoms with Crippen molar-refractivity contribution in [2.75, 3.05) is 127 Å². The van der Waals surface area contributed by atoms with E-state index < -0.39 is 17.4 Å². The summed E-state index contributed by atoms with van der Waals surface area (Å²) in [6.45, 7) is 18.6. The summed E-state index contributed by atoms with van der Waals surface area (Å²) in [5.41, 5.74) is 5.44. The smallest absolute Gasteiger partial charge is 0.322 e. The maximum absolute atomic E-state index is 13.2. The normalized spacial score (nSPS) is 20.6. The number of ketones is 3. The predicted octanol–water partition coefficient (Wildman–Crippen LogP) is 11.4. The molecule has 10 fully saturated rings. The van der Waals surface area contributed by atoms with Gasteiger partial charge < -0.3 is 73.2 Å². The molecule has 43 nitrogen and oxygen atoms in total. The number of carbonyl (C=O) groups is 5. The molecule has 45 heteroatoms. The zero-order valence-electron chi connectivity index (χ0n) is 82.4. The number of rotatable bonds is 36. The van der Waals surface area contributed by atoms with E-state index in [-0.39, 0.29) is 162 Å². The first kappa shape index (κ1) is 101. The number of piperidine rings is 4. The first-order valence-electron chi connectivity index (χ1n) is 49.3. The summed E-state index contributed by atoms with van der Waals surface area (Å²) in [5, 5.41) is 51.0. The Balaban J connectivity index is 0.000000131. The number of aromatic nitrogens is 22. The number of carbonyl (C=O) groups excluding carboxylic acids is 5. The SMILES string of the molecule is CCCC(=O)c1nc(OCC2CC2(F)F)nc(N2CCC(c3cccc(C(C)=O)n3)CC2)n1.COC[C@@H](C)Oc1nc(C(=O)NC23CC(C2)C3)nc(N2CCC(c3[nH]nc4nccc(OC)c34)CC2)n1.COC[C@@H](C)Oc1nc(C(=O)NC2CCC2)nc(N2CCC(c3[nH]nc4nccc(OC)c34)CC2)n1.C[C@@H](CC(=O)c1nc(OC[C@H]2C[C@H]2C#N)nc(N2CCC(c3[nH]nc4ncccc34)CC2)n1)C(C)(C)O. The summed E-state index contributed by atoms with van der Waals surface area (Å²) in [6.07, 6.45) is 19.1. The van der Waals surface area contributed by atoms with E-state index in [9.17, 15) is 37.9 Å². The number of hydrogen-bond donors (Lipinski definition) is 6. The molecule has 0 radical (unpaired) electrons. The maximum atomic E-state index is 13.2. The standard InChI is InChI=1S/C26H32N8O3.C25H32N8O4.C24H32N8O4.C23H27F2N5O3/c1-15(26(2,3)36)11-20(35)23-29-24(31-25(30-23)37-14-18-12-17(18)13-27)34-9-6-16(7-10-34)21-19-5-4-8-28-22(19)33-32-21;1-14(13-35-2)37-24-28-21(22(34)30-25-10-15(11-25)12-25)27-23(29-24)33-8-5-16(6-9-33)19-18-17(36-3)4-7-26-20(18)32-31-19;1-14(13-34-2)36-24-28-21(22(33)26-16-5-4-6-16)27-23(29-24)32-11-8-15(9-12-32)19-18-17(35-3)7-10-25-20(18)31-30-19;1-3-5-19(32)20-27-21(29-22(28-20)33-13-16-12-23(16,24)25)30-10-8-15(9-11-30)18-7-4-6-17(26-18)14(2)31/h4-5,8,15-18,36H,6-7,9-12,14H2,1-3H3,(H,28,32,33);4,7,14-16H,5-6,8-13H2,1-3H3,(H,30,34)(H,26,31,32);7,10,14-16H,4-6,8-9,11-13H2,1-3H3,(H,26,33)(H,25,30,31);4,6-7,15-16H,3,5,8-13H2,1-2H3/t15-,17-,18+;14-,15?,25?;14-;/m011./s1. The molecule has 6 aliphatic carbocycles. The summed E-state index contributed by atoms with van der Waals surface area (Å²) in [6, 6.07) is 15.8. The van der Waals surface area contributed by atoms with Crippen molar-refractivity contribution in [3.63, 3.8) is 0 Å². The molecule has 11 aromatic rings. The average Bonchev–Trinajstić information content (AvgIpc) is 1.71. The molecule has 2 amide bonds. The van der Waals surface area contributed by atoms with E-state index in [1.807, 2.05) is 73.9 Å². The molecule has 15 heterocycles. The average molecular weight is 1970 g/mol. The van der Waals surface area contributed by atoms with Gasteiger partial charge in [0, 0.05) is 169 Å². The van der Waals surface area contributed by atoms with Crippen LogP contribution in [0.5, 0.6) is 35.5 Å². The number of anilines is 4. The molecule has 6 saturated carbocycles. The van der Waals surface area contributed by atoms with Crippen molar-refractivity contribution in [1.82, 2.24) is 121 Å². The van der Waals surface area contributed by atoms with Gasteiger partial charge in [0.05, 0.1) is 79.7 Å². The molecule has 21 rings (SSSR count). The Bertz CT molecular complexity index is 6370. The summed E-state index contributed by atoms with van der Waals surface area (Å²) in [7, 11) is 6.53. The fourth-order valence-electron chi connectivity index (χ4n) is 19.0. The Morgan fingerprint density at radius 1 is 0.545 bits per heavy atom. The number of hydrogen-bond acceptors (Lipinski definition) is 38. The van der Waals surface area contributed by atoms with Gasteiger partial charge in [-0.3, -0.25) is 39.3 Å². The zero-order chi connectivity index (χ0) is 100. The molecular formula is C98H123F2N29O14. The molecular weight excluding hydrogens is 1850 g/mol. The summed E-state index contributed by atoms with van der Waals surface area (Å²) in [5.74, 6) is 0.287. The highest BCUT2D eigenvalue weighted by molar-refractivity contribution is 5.95. The first-order valence-corrected chi connectivity index (χ1v) is 49.3. The van der Waals surface area contributed by atoms with Crippen LogP contribution in [-0.2, 0) is 9.47 Å². The number of nitriles is 1. The number of alkyl halides is 2. The minimum Gasteiger partial charge on any atom is -0.496 e. The lowest BCUT2D eigenvalue weighted by Gasteiger charge is -2.61.